The average Bonchev–Trinajstić information content (AvgIpc) is 2.35. The van der Waals surface area contributed by atoms with E-state index in [0.29, 0.717) is 18.4 Å². The van der Waals surface area contributed by atoms with Gasteiger partial charge in [-0.15, -0.1) is 0 Å². The third kappa shape index (κ3) is 2.84. The van der Waals surface area contributed by atoms with Crippen LogP contribution in [0.2, 0.25) is 0 Å². The van der Waals surface area contributed by atoms with Gasteiger partial charge >= 0.3 is 0 Å². The molecule has 0 aliphatic carbocycles. The second-order valence-electron chi connectivity index (χ2n) is 5.98. The number of hydrogen-bond acceptors (Lipinski definition) is 3. The van der Waals surface area contributed by atoms with E-state index in [1.165, 1.54) is 0 Å². The van der Waals surface area contributed by atoms with Crippen LogP contribution in [0.3, 0.4) is 0 Å². The van der Waals surface area contributed by atoms with Gasteiger partial charge in [0.05, 0.1) is 0 Å². The molecule has 1 aliphatic rings. The number of aryl methyl sites for hydroxylation is 1. The van der Waals surface area contributed by atoms with E-state index in [-0.39, 0.29) is 11.7 Å². The van der Waals surface area contributed by atoms with E-state index < -0.39 is 11.5 Å². The Morgan fingerprint density at radius 1 is 1.32 bits per heavy atom. The van der Waals surface area contributed by atoms with Gasteiger partial charge < -0.3 is 10.4 Å². The van der Waals surface area contributed by atoms with Crippen molar-refractivity contribution in [1.82, 2.24) is 0 Å². The molecule has 0 aromatic heterocycles. The van der Waals surface area contributed by atoms with E-state index >= 15 is 0 Å². The fraction of sp³-hybridized carbons (Fsp3) is 0.467. The lowest BCUT2D eigenvalue weighted by Gasteiger charge is -2.23. The fourth-order valence-corrected chi connectivity index (χ4v) is 2.13. The zero-order valence-corrected chi connectivity index (χ0v) is 11.5. The molecule has 0 saturated carbocycles. The number of amides is 1. The van der Waals surface area contributed by atoms with Crippen molar-refractivity contribution >= 4 is 17.4 Å². The summed E-state index contributed by atoms with van der Waals surface area (Å²) in [6.45, 7) is 5.37. The molecule has 0 radical (unpaired) electrons. The second kappa shape index (κ2) is 4.78. The molecule has 1 aromatic rings. The molecule has 1 heterocycles. The number of Topliss-reactive ketones (excluding diaryl/α,β-unsaturated/α-hetero) is 1. The third-order valence-electron chi connectivity index (χ3n) is 3.33. The highest BCUT2D eigenvalue weighted by molar-refractivity contribution is 5.94. The molecule has 1 aliphatic heterocycles. The van der Waals surface area contributed by atoms with Crippen molar-refractivity contribution < 1.29 is 14.7 Å². The van der Waals surface area contributed by atoms with Gasteiger partial charge in [-0.1, -0.05) is 32.9 Å². The van der Waals surface area contributed by atoms with E-state index in [1.807, 2.05) is 6.07 Å². The standard InChI is InChI=1S/C15H19NO3/c1-15(2,3)14(19)13(18)10-4-6-11-9(8-10)5-7-12(17)16-11/h4,6,8,13,18H,5,7H2,1-3H3,(H,16,17). The molecule has 1 atom stereocenters. The van der Waals surface area contributed by atoms with Gasteiger partial charge in [-0.05, 0) is 23.6 Å². The van der Waals surface area contributed by atoms with Crippen LogP contribution in [0.15, 0.2) is 18.2 Å². The molecule has 0 spiro atoms. The average molecular weight is 261 g/mol. The van der Waals surface area contributed by atoms with Crippen molar-refractivity contribution in [2.45, 2.75) is 39.7 Å². The zero-order chi connectivity index (χ0) is 14.2. The maximum absolute atomic E-state index is 12.1. The number of aliphatic hydroxyl groups is 1. The molecule has 1 unspecified atom stereocenters. The number of benzene rings is 1. The molecule has 0 saturated heterocycles. The molecule has 0 bridgehead atoms. The zero-order valence-electron chi connectivity index (χ0n) is 11.5. The van der Waals surface area contributed by atoms with Crippen LogP contribution in [0.1, 0.15) is 44.4 Å². The van der Waals surface area contributed by atoms with Crippen LogP contribution in [-0.2, 0) is 16.0 Å². The predicted octanol–water partition coefficient (Wildman–Crippen LogP) is 2.22. The molecule has 2 N–H and O–H groups in total. The number of ketones is 1. The molecule has 0 fully saturated rings. The Balaban J connectivity index is 2.28. The van der Waals surface area contributed by atoms with Gasteiger partial charge in [0, 0.05) is 17.5 Å². The van der Waals surface area contributed by atoms with Gasteiger partial charge in [-0.2, -0.15) is 0 Å². The van der Waals surface area contributed by atoms with E-state index in [1.54, 1.807) is 32.9 Å². The van der Waals surface area contributed by atoms with E-state index in [2.05, 4.69) is 5.32 Å². The third-order valence-corrected chi connectivity index (χ3v) is 3.33. The highest BCUT2D eigenvalue weighted by Crippen LogP contribution is 2.30. The number of aliphatic hydroxyl groups excluding tert-OH is 1. The van der Waals surface area contributed by atoms with Crippen LogP contribution in [-0.4, -0.2) is 16.8 Å². The maximum Gasteiger partial charge on any atom is 0.224 e. The summed E-state index contributed by atoms with van der Waals surface area (Å²) >= 11 is 0. The molecule has 2 rings (SSSR count). The minimum absolute atomic E-state index is 0.00608. The first kappa shape index (κ1) is 13.7. The largest absolute Gasteiger partial charge is 0.381 e. The van der Waals surface area contributed by atoms with Crippen molar-refractivity contribution in [3.63, 3.8) is 0 Å². The Hall–Kier alpha value is -1.68. The van der Waals surface area contributed by atoms with Crippen molar-refractivity contribution in [1.29, 1.82) is 0 Å². The summed E-state index contributed by atoms with van der Waals surface area (Å²) in [7, 11) is 0. The van der Waals surface area contributed by atoms with Crippen molar-refractivity contribution in [2.24, 2.45) is 5.41 Å². The van der Waals surface area contributed by atoms with Crippen LogP contribution >= 0.6 is 0 Å². The number of anilines is 1. The topological polar surface area (TPSA) is 66.4 Å². The summed E-state index contributed by atoms with van der Waals surface area (Å²) in [6.07, 6.45) is -0.0199. The Labute approximate surface area is 112 Å². The van der Waals surface area contributed by atoms with Crippen molar-refractivity contribution in [2.75, 3.05) is 5.32 Å². The van der Waals surface area contributed by atoms with Gasteiger partial charge in [0.1, 0.15) is 6.10 Å². The first-order valence-electron chi connectivity index (χ1n) is 6.44. The van der Waals surface area contributed by atoms with Crippen LogP contribution < -0.4 is 5.32 Å². The predicted molar refractivity (Wildman–Crippen MR) is 72.8 cm³/mol. The first-order chi connectivity index (χ1) is 8.79. The number of hydrogen-bond donors (Lipinski definition) is 2. The Morgan fingerprint density at radius 3 is 2.63 bits per heavy atom. The number of carbonyl (C=O) groups excluding carboxylic acids is 2. The van der Waals surface area contributed by atoms with Crippen molar-refractivity contribution in [3.05, 3.63) is 29.3 Å². The molecule has 4 nitrogen and oxygen atoms in total. The Bertz CT molecular complexity index is 529. The first-order valence-corrected chi connectivity index (χ1v) is 6.44. The number of fused-ring (bicyclic) bond motifs is 1. The lowest BCUT2D eigenvalue weighted by molar-refractivity contribution is -0.135. The van der Waals surface area contributed by atoms with Gasteiger partial charge in [-0.3, -0.25) is 9.59 Å². The Morgan fingerprint density at radius 2 is 2.00 bits per heavy atom. The molecule has 1 aromatic carbocycles. The summed E-state index contributed by atoms with van der Waals surface area (Å²) < 4.78 is 0. The SMILES string of the molecule is CC(C)(C)C(=O)C(O)c1ccc2c(c1)CCC(=O)N2. The summed E-state index contributed by atoms with van der Waals surface area (Å²) in [6, 6.07) is 5.25. The minimum atomic E-state index is -1.11. The van der Waals surface area contributed by atoms with Crippen LogP contribution in [0.5, 0.6) is 0 Å². The van der Waals surface area contributed by atoms with E-state index in [4.69, 9.17) is 0 Å². The summed E-state index contributed by atoms with van der Waals surface area (Å²) in [5.41, 5.74) is 1.76. The monoisotopic (exact) mass is 261 g/mol. The molecule has 1 amide bonds. The summed E-state index contributed by atoms with van der Waals surface area (Å²) in [4.78, 5) is 23.3. The Kier molecular flexibility index (Phi) is 3.45. The van der Waals surface area contributed by atoms with Gasteiger partial charge in [0.2, 0.25) is 5.91 Å². The van der Waals surface area contributed by atoms with E-state index in [9.17, 15) is 14.7 Å². The molecular weight excluding hydrogens is 242 g/mol. The summed E-state index contributed by atoms with van der Waals surface area (Å²) in [5.74, 6) is -0.195. The van der Waals surface area contributed by atoms with Crippen LogP contribution in [0.25, 0.3) is 0 Å². The number of nitrogens with one attached hydrogen (secondary N) is 1. The van der Waals surface area contributed by atoms with Crippen molar-refractivity contribution in [3.8, 4) is 0 Å². The van der Waals surface area contributed by atoms with Crippen LogP contribution in [0, 0.1) is 5.41 Å². The number of rotatable bonds is 2. The lowest BCUT2D eigenvalue weighted by Crippen LogP contribution is -2.27. The highest BCUT2D eigenvalue weighted by Gasteiger charge is 2.29. The molecule has 19 heavy (non-hydrogen) atoms. The fourth-order valence-electron chi connectivity index (χ4n) is 2.13. The van der Waals surface area contributed by atoms with E-state index in [0.717, 1.165) is 11.3 Å². The minimum Gasteiger partial charge on any atom is -0.381 e. The quantitative estimate of drug-likeness (QED) is 0.857. The summed E-state index contributed by atoms with van der Waals surface area (Å²) in [5, 5.41) is 12.9. The van der Waals surface area contributed by atoms with Gasteiger partial charge in [0.25, 0.3) is 0 Å². The normalized spacial score (nSPS) is 16.5. The maximum atomic E-state index is 12.1. The molecular formula is C15H19NO3. The van der Waals surface area contributed by atoms with Gasteiger partial charge in [0.15, 0.2) is 5.78 Å². The highest BCUT2D eigenvalue weighted by atomic mass is 16.3. The van der Waals surface area contributed by atoms with Crippen LogP contribution in [0.4, 0.5) is 5.69 Å². The lowest BCUT2D eigenvalue weighted by atomic mass is 9.84. The van der Waals surface area contributed by atoms with Gasteiger partial charge in [-0.25, -0.2) is 0 Å². The second-order valence-corrected chi connectivity index (χ2v) is 5.98. The molecule has 4 heteroatoms. The smallest absolute Gasteiger partial charge is 0.224 e. The number of carbonyl (C=O) groups is 2. The molecule has 102 valence electrons.